The van der Waals surface area contributed by atoms with Crippen molar-refractivity contribution in [3.8, 4) is 0 Å². The molecule has 2 rings (SSSR count). The second-order valence-corrected chi connectivity index (χ2v) is 7.84. The molecule has 1 aromatic rings. The normalized spacial score (nSPS) is 18.5. The van der Waals surface area contributed by atoms with Gasteiger partial charge in [-0.25, -0.2) is 4.79 Å². The summed E-state index contributed by atoms with van der Waals surface area (Å²) in [5.41, 5.74) is 0.514. The van der Waals surface area contributed by atoms with Gasteiger partial charge in [-0.3, -0.25) is 0 Å². The third-order valence-corrected chi connectivity index (χ3v) is 6.15. The molecule has 1 aromatic carbocycles. The van der Waals surface area contributed by atoms with Gasteiger partial charge in [0.25, 0.3) is 0 Å². The lowest BCUT2D eigenvalue weighted by Crippen LogP contribution is -2.39. The Hall–Kier alpha value is -1.65. The minimum absolute atomic E-state index is 0.226. The number of rotatable bonds is 11. The molecular weight excluding hydrogens is 340 g/mol. The summed E-state index contributed by atoms with van der Waals surface area (Å²) in [5, 5.41) is 19.7. The number of hydrogen-bond acceptors (Lipinski definition) is 4. The summed E-state index contributed by atoms with van der Waals surface area (Å²) in [4.78, 5) is 16.9. The largest absolute Gasteiger partial charge is 0.393 e. The minimum atomic E-state index is -0.696. The number of carbonyl (C=O) groups excluding carboxylic acids is 1. The van der Waals surface area contributed by atoms with Crippen LogP contribution in [0.5, 0.6) is 0 Å². The molecule has 150 valence electrons. The maximum atomic E-state index is 12.6. The van der Waals surface area contributed by atoms with Gasteiger partial charge in [0.15, 0.2) is 0 Å². The Morgan fingerprint density at radius 1 is 1.22 bits per heavy atom. The highest BCUT2D eigenvalue weighted by molar-refractivity contribution is 5.76. The van der Waals surface area contributed by atoms with Crippen LogP contribution >= 0.6 is 0 Å². The Kier molecular flexibility index (Phi) is 9.02. The lowest BCUT2D eigenvalue weighted by Gasteiger charge is -2.36. The van der Waals surface area contributed by atoms with Crippen molar-refractivity contribution in [2.24, 2.45) is 11.3 Å². The van der Waals surface area contributed by atoms with Gasteiger partial charge in [-0.15, -0.1) is 0 Å². The van der Waals surface area contributed by atoms with Crippen LogP contribution in [-0.4, -0.2) is 22.4 Å². The number of carbonyl (C=O) groups is 1. The van der Waals surface area contributed by atoms with Crippen LogP contribution in [0.1, 0.15) is 70.3 Å². The van der Waals surface area contributed by atoms with Crippen molar-refractivity contribution in [3.63, 3.8) is 0 Å². The molecular formula is C23H34O4. The molecule has 0 saturated heterocycles. The Morgan fingerprint density at radius 3 is 2.56 bits per heavy atom. The summed E-state index contributed by atoms with van der Waals surface area (Å²) in [6, 6.07) is 10.1. The fourth-order valence-electron chi connectivity index (χ4n) is 4.53. The van der Waals surface area contributed by atoms with E-state index in [1.54, 1.807) is 0 Å². The van der Waals surface area contributed by atoms with E-state index in [0.717, 1.165) is 38.5 Å². The average Bonchev–Trinajstić information content (AvgIpc) is 3.24. The van der Waals surface area contributed by atoms with E-state index in [4.69, 9.17) is 0 Å². The number of aliphatic hydroxyl groups is 1. The highest BCUT2D eigenvalue weighted by atomic mass is 17.1. The Morgan fingerprint density at radius 2 is 1.93 bits per heavy atom. The first kappa shape index (κ1) is 21.6. The molecule has 0 radical (unpaired) electrons. The van der Waals surface area contributed by atoms with E-state index < -0.39 is 17.5 Å². The summed E-state index contributed by atoms with van der Waals surface area (Å²) < 4.78 is 0. The van der Waals surface area contributed by atoms with E-state index in [1.807, 2.05) is 31.2 Å². The molecule has 1 aliphatic carbocycles. The number of allylic oxidation sites excluding steroid dienone is 2. The van der Waals surface area contributed by atoms with Crippen LogP contribution in [0.4, 0.5) is 0 Å². The van der Waals surface area contributed by atoms with E-state index in [1.165, 1.54) is 5.56 Å². The molecule has 2 atom stereocenters. The summed E-state index contributed by atoms with van der Waals surface area (Å²) in [7, 11) is 0. The van der Waals surface area contributed by atoms with E-state index in [2.05, 4.69) is 23.1 Å². The van der Waals surface area contributed by atoms with Gasteiger partial charge in [-0.05, 0) is 69.8 Å². The summed E-state index contributed by atoms with van der Waals surface area (Å²) in [6.45, 7) is 1.97. The molecule has 0 aliphatic heterocycles. The maximum absolute atomic E-state index is 12.6. The van der Waals surface area contributed by atoms with Gasteiger partial charge in [0, 0.05) is 0 Å². The maximum Gasteiger partial charge on any atom is 0.348 e. The molecule has 4 nitrogen and oxygen atoms in total. The molecule has 1 fully saturated rings. The quantitative estimate of drug-likeness (QED) is 0.313. The molecule has 1 saturated carbocycles. The van der Waals surface area contributed by atoms with Crippen LogP contribution in [0.25, 0.3) is 0 Å². The summed E-state index contributed by atoms with van der Waals surface area (Å²) in [6.07, 6.45) is 11.8. The number of aryl methyl sites for hydroxylation is 1. The van der Waals surface area contributed by atoms with Crippen molar-refractivity contribution < 1.29 is 20.0 Å². The average molecular weight is 375 g/mol. The zero-order chi connectivity index (χ0) is 19.5. The van der Waals surface area contributed by atoms with E-state index >= 15 is 0 Å². The van der Waals surface area contributed by atoms with Crippen LogP contribution in [-0.2, 0) is 16.1 Å². The minimum Gasteiger partial charge on any atom is -0.393 e. The van der Waals surface area contributed by atoms with Crippen LogP contribution in [0.3, 0.4) is 0 Å². The molecule has 2 N–H and O–H groups in total. The second kappa shape index (κ2) is 11.3. The van der Waals surface area contributed by atoms with Crippen LogP contribution in [0, 0.1) is 11.3 Å². The number of hydrogen-bond donors (Lipinski definition) is 2. The van der Waals surface area contributed by atoms with Gasteiger partial charge in [0.1, 0.15) is 0 Å². The third kappa shape index (κ3) is 6.18. The standard InChI is InChI=1S/C23H34O4/c1-2-3-9-17-23(22(25)27-26,20-12-7-8-13-20)18-16-21(24)15-14-19-10-5-4-6-11-19/h2-6,10-11,20-21,24,26H,7-9,12-18H2,1H3/t21-,23?/m1/s1. The van der Waals surface area contributed by atoms with Crippen molar-refractivity contribution in [1.82, 2.24) is 0 Å². The van der Waals surface area contributed by atoms with Crippen molar-refractivity contribution in [3.05, 3.63) is 48.0 Å². The number of aliphatic hydroxyl groups excluding tert-OH is 1. The Bertz CT molecular complexity index is 577. The Balaban J connectivity index is 2.01. The molecule has 0 aromatic heterocycles. The van der Waals surface area contributed by atoms with Crippen molar-refractivity contribution >= 4 is 5.97 Å². The zero-order valence-corrected chi connectivity index (χ0v) is 16.5. The first-order chi connectivity index (χ1) is 13.1. The lowest BCUT2D eigenvalue weighted by molar-refractivity contribution is -0.249. The SMILES string of the molecule is CC=CCCC(CC[C@H](O)CCc1ccccc1)(C(=O)OO)C1CCCC1. The van der Waals surface area contributed by atoms with Crippen molar-refractivity contribution in [1.29, 1.82) is 0 Å². The third-order valence-electron chi connectivity index (χ3n) is 6.15. The first-order valence-corrected chi connectivity index (χ1v) is 10.3. The summed E-state index contributed by atoms with van der Waals surface area (Å²) >= 11 is 0. The smallest absolute Gasteiger partial charge is 0.348 e. The molecule has 0 heterocycles. The van der Waals surface area contributed by atoms with Crippen LogP contribution in [0.2, 0.25) is 0 Å². The predicted molar refractivity (Wildman–Crippen MR) is 107 cm³/mol. The van der Waals surface area contributed by atoms with Gasteiger partial charge in [0.2, 0.25) is 0 Å². The molecule has 1 unspecified atom stereocenters. The van der Waals surface area contributed by atoms with Gasteiger partial charge in [-0.1, -0.05) is 55.3 Å². The highest BCUT2D eigenvalue weighted by Gasteiger charge is 2.47. The van der Waals surface area contributed by atoms with E-state index in [9.17, 15) is 15.2 Å². The molecule has 0 spiro atoms. The van der Waals surface area contributed by atoms with Crippen molar-refractivity contribution in [2.75, 3.05) is 0 Å². The first-order valence-electron chi connectivity index (χ1n) is 10.3. The molecule has 27 heavy (non-hydrogen) atoms. The van der Waals surface area contributed by atoms with Crippen LogP contribution in [0.15, 0.2) is 42.5 Å². The topological polar surface area (TPSA) is 66.8 Å². The van der Waals surface area contributed by atoms with Gasteiger partial charge in [0.05, 0.1) is 11.5 Å². The second-order valence-electron chi connectivity index (χ2n) is 7.84. The van der Waals surface area contributed by atoms with Crippen molar-refractivity contribution in [2.45, 2.75) is 77.2 Å². The summed E-state index contributed by atoms with van der Waals surface area (Å²) in [5.74, 6) is -0.294. The fourth-order valence-corrected chi connectivity index (χ4v) is 4.53. The van der Waals surface area contributed by atoms with Gasteiger partial charge in [-0.2, -0.15) is 5.26 Å². The van der Waals surface area contributed by atoms with E-state index in [-0.39, 0.29) is 5.92 Å². The van der Waals surface area contributed by atoms with Gasteiger partial charge >= 0.3 is 5.97 Å². The predicted octanol–water partition coefficient (Wildman–Crippen LogP) is 5.31. The molecule has 0 bridgehead atoms. The highest BCUT2D eigenvalue weighted by Crippen LogP contribution is 2.47. The van der Waals surface area contributed by atoms with E-state index in [0.29, 0.717) is 25.7 Å². The number of benzene rings is 1. The molecule has 4 heteroatoms. The molecule has 0 amide bonds. The fraction of sp³-hybridized carbons (Fsp3) is 0.609. The zero-order valence-electron chi connectivity index (χ0n) is 16.5. The van der Waals surface area contributed by atoms with Crippen LogP contribution < -0.4 is 0 Å². The Labute approximate surface area is 163 Å². The van der Waals surface area contributed by atoms with Gasteiger partial charge < -0.3 is 9.99 Å². The molecule has 1 aliphatic rings. The lowest BCUT2D eigenvalue weighted by atomic mass is 9.67. The monoisotopic (exact) mass is 374 g/mol.